The summed E-state index contributed by atoms with van der Waals surface area (Å²) in [5, 5.41) is 0. The lowest BCUT2D eigenvalue weighted by molar-refractivity contribution is 0.256. The maximum Gasteiger partial charge on any atom is 0.309 e. The molecule has 0 saturated carbocycles. The van der Waals surface area contributed by atoms with Gasteiger partial charge in [-0.15, -0.1) is 0 Å². The SMILES string of the molecule is NC(N)=O.Nc1ccccc1.c1ccncc1. The number of hydrogen-bond acceptors (Lipinski definition) is 3. The monoisotopic (exact) mass is 232 g/mol. The minimum atomic E-state index is -0.833. The highest BCUT2D eigenvalue weighted by molar-refractivity contribution is 5.69. The lowest BCUT2D eigenvalue weighted by Crippen LogP contribution is -2.18. The van der Waals surface area contributed by atoms with Gasteiger partial charge >= 0.3 is 6.03 Å². The molecule has 0 aliphatic heterocycles. The molecule has 2 aromatic rings. The molecule has 1 heterocycles. The van der Waals surface area contributed by atoms with Crippen LogP contribution in [0.3, 0.4) is 0 Å². The number of para-hydroxylation sites is 1. The van der Waals surface area contributed by atoms with Gasteiger partial charge in [0.05, 0.1) is 0 Å². The molecule has 0 aliphatic rings. The van der Waals surface area contributed by atoms with E-state index in [0.717, 1.165) is 5.69 Å². The van der Waals surface area contributed by atoms with Crippen LogP contribution in [0.4, 0.5) is 10.5 Å². The molecule has 5 nitrogen and oxygen atoms in total. The van der Waals surface area contributed by atoms with E-state index >= 15 is 0 Å². The topological polar surface area (TPSA) is 108 Å². The third-order valence-corrected chi connectivity index (χ3v) is 1.37. The Bertz CT molecular complexity index is 361. The van der Waals surface area contributed by atoms with Crippen LogP contribution < -0.4 is 17.2 Å². The molecule has 0 bridgehead atoms. The Labute approximate surface area is 100 Å². The van der Waals surface area contributed by atoms with Gasteiger partial charge in [-0.05, 0) is 24.3 Å². The summed E-state index contributed by atoms with van der Waals surface area (Å²) in [5.41, 5.74) is 14.7. The lowest BCUT2D eigenvalue weighted by Gasteiger charge is -1.83. The number of aromatic nitrogens is 1. The van der Waals surface area contributed by atoms with E-state index in [0.29, 0.717) is 0 Å². The van der Waals surface area contributed by atoms with E-state index < -0.39 is 6.03 Å². The van der Waals surface area contributed by atoms with E-state index in [4.69, 9.17) is 10.5 Å². The van der Waals surface area contributed by atoms with Crippen molar-refractivity contribution in [3.8, 4) is 0 Å². The number of benzene rings is 1. The molecule has 1 aromatic heterocycles. The van der Waals surface area contributed by atoms with E-state index in [9.17, 15) is 0 Å². The van der Waals surface area contributed by atoms with Crippen LogP contribution in [0.2, 0.25) is 0 Å². The molecule has 6 N–H and O–H groups in total. The highest BCUT2D eigenvalue weighted by Crippen LogP contribution is 1.95. The highest BCUT2D eigenvalue weighted by Gasteiger charge is 1.72. The zero-order valence-corrected chi connectivity index (χ0v) is 9.36. The van der Waals surface area contributed by atoms with Gasteiger partial charge in [0.1, 0.15) is 0 Å². The number of hydrogen-bond donors (Lipinski definition) is 3. The molecule has 2 rings (SSSR count). The number of primary amides is 2. The van der Waals surface area contributed by atoms with E-state index in [-0.39, 0.29) is 0 Å². The largest absolute Gasteiger partial charge is 0.399 e. The number of pyridine rings is 1. The fourth-order valence-electron chi connectivity index (χ4n) is 0.766. The van der Waals surface area contributed by atoms with Gasteiger partial charge in [-0.2, -0.15) is 0 Å². The number of carbonyl (C=O) groups excluding carboxylic acids is 1. The van der Waals surface area contributed by atoms with E-state index in [1.165, 1.54) is 0 Å². The molecule has 0 radical (unpaired) electrons. The third-order valence-electron chi connectivity index (χ3n) is 1.37. The Morgan fingerprint density at radius 1 is 0.882 bits per heavy atom. The van der Waals surface area contributed by atoms with Crippen LogP contribution in [0.5, 0.6) is 0 Å². The van der Waals surface area contributed by atoms with Crippen molar-refractivity contribution >= 4 is 11.7 Å². The number of amides is 2. The first-order valence-electron chi connectivity index (χ1n) is 4.83. The zero-order chi connectivity index (χ0) is 12.9. The molecule has 1 aromatic carbocycles. The molecule has 17 heavy (non-hydrogen) atoms. The maximum absolute atomic E-state index is 9.00. The van der Waals surface area contributed by atoms with Crippen LogP contribution in [0, 0.1) is 0 Å². The number of anilines is 1. The summed E-state index contributed by atoms with van der Waals surface area (Å²) in [6.45, 7) is 0. The maximum atomic E-state index is 9.00. The summed E-state index contributed by atoms with van der Waals surface area (Å²) >= 11 is 0. The second kappa shape index (κ2) is 9.97. The molecule has 90 valence electrons. The minimum absolute atomic E-state index is 0.822. The Balaban J connectivity index is 0.000000236. The van der Waals surface area contributed by atoms with Crippen LogP contribution in [-0.4, -0.2) is 11.0 Å². The number of nitrogens with two attached hydrogens (primary N) is 3. The van der Waals surface area contributed by atoms with Crippen molar-refractivity contribution < 1.29 is 4.79 Å². The van der Waals surface area contributed by atoms with Gasteiger partial charge in [-0.3, -0.25) is 4.98 Å². The summed E-state index contributed by atoms with van der Waals surface area (Å²) in [5.74, 6) is 0. The summed E-state index contributed by atoms with van der Waals surface area (Å²) in [7, 11) is 0. The number of carbonyl (C=O) groups is 1. The molecular weight excluding hydrogens is 216 g/mol. The van der Waals surface area contributed by atoms with Crippen LogP contribution >= 0.6 is 0 Å². The van der Waals surface area contributed by atoms with Crippen molar-refractivity contribution in [3.05, 3.63) is 60.9 Å². The van der Waals surface area contributed by atoms with Crippen molar-refractivity contribution in [1.29, 1.82) is 0 Å². The van der Waals surface area contributed by atoms with Gasteiger partial charge in [0.2, 0.25) is 0 Å². The average Bonchev–Trinajstić information content (AvgIpc) is 2.32. The van der Waals surface area contributed by atoms with Gasteiger partial charge in [0.25, 0.3) is 0 Å². The number of rotatable bonds is 0. The fourth-order valence-corrected chi connectivity index (χ4v) is 0.766. The summed E-state index contributed by atoms with van der Waals surface area (Å²) < 4.78 is 0. The van der Waals surface area contributed by atoms with Crippen LogP contribution in [0.15, 0.2) is 60.9 Å². The van der Waals surface area contributed by atoms with Crippen molar-refractivity contribution in [1.82, 2.24) is 4.98 Å². The van der Waals surface area contributed by atoms with E-state index in [1.807, 2.05) is 48.5 Å². The first-order valence-corrected chi connectivity index (χ1v) is 4.83. The number of urea groups is 1. The molecule has 2 amide bonds. The quantitative estimate of drug-likeness (QED) is 0.597. The molecule has 0 spiro atoms. The van der Waals surface area contributed by atoms with Crippen molar-refractivity contribution in [3.63, 3.8) is 0 Å². The van der Waals surface area contributed by atoms with Gasteiger partial charge in [-0.25, -0.2) is 4.79 Å². The van der Waals surface area contributed by atoms with Gasteiger partial charge in [-0.1, -0.05) is 24.3 Å². The van der Waals surface area contributed by atoms with E-state index in [2.05, 4.69) is 16.5 Å². The molecule has 5 heteroatoms. The Morgan fingerprint density at radius 3 is 1.47 bits per heavy atom. The molecule has 0 fully saturated rings. The summed E-state index contributed by atoms with van der Waals surface area (Å²) in [6.07, 6.45) is 3.50. The van der Waals surface area contributed by atoms with Gasteiger partial charge in [0.15, 0.2) is 0 Å². The predicted octanol–water partition coefficient (Wildman–Crippen LogP) is 1.37. The highest BCUT2D eigenvalue weighted by atomic mass is 16.2. The number of nitrogen functional groups attached to an aromatic ring is 1. The molecular formula is C12H16N4O. The normalized spacial score (nSPS) is 7.76. The lowest BCUT2D eigenvalue weighted by atomic mass is 10.3. The third kappa shape index (κ3) is 13.4. The predicted molar refractivity (Wildman–Crippen MR) is 68.9 cm³/mol. The summed E-state index contributed by atoms with van der Waals surface area (Å²) in [6, 6.07) is 14.4. The first-order chi connectivity index (χ1) is 8.13. The van der Waals surface area contributed by atoms with Crippen LogP contribution in [-0.2, 0) is 0 Å². The second-order valence-corrected chi connectivity index (χ2v) is 2.84. The molecule has 0 saturated heterocycles. The van der Waals surface area contributed by atoms with Crippen LogP contribution in [0.1, 0.15) is 0 Å². The van der Waals surface area contributed by atoms with Gasteiger partial charge in [0, 0.05) is 18.1 Å². The number of nitrogens with zero attached hydrogens (tertiary/aromatic N) is 1. The van der Waals surface area contributed by atoms with Crippen molar-refractivity contribution in [2.75, 3.05) is 5.73 Å². The first kappa shape index (κ1) is 14.4. The van der Waals surface area contributed by atoms with Gasteiger partial charge < -0.3 is 17.2 Å². The van der Waals surface area contributed by atoms with Crippen molar-refractivity contribution in [2.24, 2.45) is 11.5 Å². The Morgan fingerprint density at radius 2 is 1.29 bits per heavy atom. The van der Waals surface area contributed by atoms with E-state index in [1.54, 1.807) is 12.4 Å². The fraction of sp³-hybridized carbons (Fsp3) is 0. The Hall–Kier alpha value is -2.56. The average molecular weight is 232 g/mol. The summed E-state index contributed by atoms with van der Waals surface area (Å²) in [4.78, 5) is 12.8. The molecule has 0 unspecified atom stereocenters. The minimum Gasteiger partial charge on any atom is -0.399 e. The Kier molecular flexibility index (Phi) is 8.47. The molecule has 0 atom stereocenters. The smallest absolute Gasteiger partial charge is 0.309 e. The zero-order valence-electron chi connectivity index (χ0n) is 9.36. The standard InChI is InChI=1S/C6H7N.C5H5N.CH4N2O/c7-6-4-2-1-3-5-6;1-2-4-6-5-3-1;2-1(3)4/h1-5H,7H2;1-5H;(H4,2,3,4). The second-order valence-electron chi connectivity index (χ2n) is 2.84. The van der Waals surface area contributed by atoms with Crippen LogP contribution in [0.25, 0.3) is 0 Å². The van der Waals surface area contributed by atoms with Crippen molar-refractivity contribution in [2.45, 2.75) is 0 Å². The molecule has 0 aliphatic carbocycles.